The molecule has 0 saturated carbocycles. The van der Waals surface area contributed by atoms with Gasteiger partial charge in [0, 0.05) is 28.2 Å². The zero-order chi connectivity index (χ0) is 23.8. The summed E-state index contributed by atoms with van der Waals surface area (Å²) in [5.41, 5.74) is 3.23. The predicted molar refractivity (Wildman–Crippen MR) is 124 cm³/mol. The van der Waals surface area contributed by atoms with E-state index in [-0.39, 0.29) is 12.6 Å². The van der Waals surface area contributed by atoms with Gasteiger partial charge >= 0.3 is 0 Å². The number of rotatable bonds is 7. The van der Waals surface area contributed by atoms with Crippen LogP contribution in [0.25, 0.3) is 33.7 Å². The summed E-state index contributed by atoms with van der Waals surface area (Å²) in [4.78, 5) is 16.6. The van der Waals surface area contributed by atoms with Gasteiger partial charge in [0.25, 0.3) is 11.8 Å². The lowest BCUT2D eigenvalue weighted by molar-refractivity contribution is -0.119. The summed E-state index contributed by atoms with van der Waals surface area (Å²) in [6.07, 6.45) is 2.74. The van der Waals surface area contributed by atoms with Crippen molar-refractivity contribution in [1.82, 2.24) is 19.4 Å². The first kappa shape index (κ1) is 22.5. The van der Waals surface area contributed by atoms with E-state index in [2.05, 4.69) is 10.1 Å². The Morgan fingerprint density at radius 3 is 2.70 bits per heavy atom. The number of aromatic nitrogens is 3. The molecule has 0 spiro atoms. The second-order valence-electron chi connectivity index (χ2n) is 8.05. The highest BCUT2D eigenvalue weighted by Crippen LogP contribution is 2.31. The summed E-state index contributed by atoms with van der Waals surface area (Å²) in [7, 11) is -3.62. The lowest BCUT2D eigenvalue weighted by atomic mass is 10.1. The molecule has 0 unspecified atom stereocenters. The quantitative estimate of drug-likeness (QED) is 0.441. The van der Waals surface area contributed by atoms with Crippen LogP contribution in [-0.2, 0) is 21.4 Å². The predicted octanol–water partition coefficient (Wildman–Crippen LogP) is 3.53. The molecule has 1 N–H and O–H groups in total. The zero-order valence-electron chi connectivity index (χ0n) is 18.7. The molecule has 2 aromatic carbocycles. The lowest BCUT2D eigenvalue weighted by Gasteiger charge is -2.12. The third-order valence-corrected chi connectivity index (χ3v) is 5.48. The Morgan fingerprint density at radius 1 is 1.21 bits per heavy atom. The lowest BCUT2D eigenvalue weighted by Crippen LogP contribution is -2.32. The molecule has 0 aliphatic rings. The van der Waals surface area contributed by atoms with E-state index in [0.29, 0.717) is 11.7 Å². The largest absolute Gasteiger partial charge is 0.491 e. The van der Waals surface area contributed by atoms with Gasteiger partial charge in [-0.05, 0) is 56.7 Å². The van der Waals surface area contributed by atoms with Gasteiger partial charge in [-0.3, -0.25) is 9.52 Å². The first-order valence-electron chi connectivity index (χ1n) is 10.3. The van der Waals surface area contributed by atoms with E-state index in [0.717, 1.165) is 39.6 Å². The number of carbonyl (C=O) groups excluding carboxylic acids is 1. The van der Waals surface area contributed by atoms with E-state index in [1.165, 1.54) is 0 Å². The Kier molecular flexibility index (Phi) is 5.94. The van der Waals surface area contributed by atoms with Crippen molar-refractivity contribution < 1.29 is 22.5 Å². The Labute approximate surface area is 191 Å². The van der Waals surface area contributed by atoms with Gasteiger partial charge in [-0.25, -0.2) is 8.42 Å². The molecule has 33 heavy (non-hydrogen) atoms. The maximum Gasteiger partial charge on any atom is 0.258 e. The third kappa shape index (κ3) is 5.06. The van der Waals surface area contributed by atoms with Crippen LogP contribution in [-0.4, -0.2) is 41.4 Å². The molecule has 172 valence electrons. The monoisotopic (exact) mass is 468 g/mol. The first-order valence-corrected chi connectivity index (χ1v) is 12.2. The van der Waals surface area contributed by atoms with Gasteiger partial charge in [0.1, 0.15) is 12.3 Å². The fourth-order valence-electron chi connectivity index (χ4n) is 3.57. The van der Waals surface area contributed by atoms with E-state index in [1.54, 1.807) is 10.8 Å². The molecule has 2 aromatic heterocycles. The maximum absolute atomic E-state index is 12.0. The zero-order valence-corrected chi connectivity index (χ0v) is 19.5. The molecule has 0 atom stereocenters. The average Bonchev–Trinajstić information content (AvgIpc) is 3.35. The topological polar surface area (TPSA) is 116 Å². The molecule has 0 aliphatic carbocycles. The summed E-state index contributed by atoms with van der Waals surface area (Å²) >= 11 is 0. The van der Waals surface area contributed by atoms with Crippen LogP contribution in [0.2, 0.25) is 0 Å². The molecule has 0 aliphatic heterocycles. The van der Waals surface area contributed by atoms with E-state index in [9.17, 15) is 13.2 Å². The third-order valence-electron chi connectivity index (χ3n) is 4.88. The number of nitrogens with zero attached hydrogens (tertiary/aromatic N) is 3. The Hall–Kier alpha value is -3.66. The number of fused-ring (bicyclic) bond motifs is 1. The minimum Gasteiger partial charge on any atom is -0.491 e. The maximum atomic E-state index is 12.0. The number of hydrogen-bond acceptors (Lipinski definition) is 7. The molecular weight excluding hydrogens is 444 g/mol. The molecule has 1 amide bonds. The SMILES string of the molecule is Cc1cc(-c2nc(-c3cccc4c3ccn4CC(=O)NS(C)(=O)=O)no2)ccc1OC(C)C. The number of benzene rings is 2. The smallest absolute Gasteiger partial charge is 0.258 e. The Bertz CT molecular complexity index is 1440. The van der Waals surface area contributed by atoms with Crippen molar-refractivity contribution in [3.8, 4) is 28.6 Å². The van der Waals surface area contributed by atoms with Gasteiger partial charge in [0.05, 0.1) is 12.4 Å². The molecule has 10 heteroatoms. The van der Waals surface area contributed by atoms with Gasteiger partial charge in [-0.2, -0.15) is 4.98 Å². The van der Waals surface area contributed by atoms with Crippen LogP contribution in [0, 0.1) is 6.92 Å². The molecule has 0 bridgehead atoms. The number of sulfonamides is 1. The van der Waals surface area contributed by atoms with Crippen molar-refractivity contribution >= 4 is 26.8 Å². The highest BCUT2D eigenvalue weighted by Gasteiger charge is 2.17. The van der Waals surface area contributed by atoms with Crippen molar-refractivity contribution in [3.63, 3.8) is 0 Å². The highest BCUT2D eigenvalue weighted by molar-refractivity contribution is 7.89. The summed E-state index contributed by atoms with van der Waals surface area (Å²) in [5.74, 6) is 0.976. The normalized spacial score (nSPS) is 11.8. The van der Waals surface area contributed by atoms with E-state index < -0.39 is 15.9 Å². The minimum atomic E-state index is -3.62. The van der Waals surface area contributed by atoms with Gasteiger partial charge < -0.3 is 13.8 Å². The van der Waals surface area contributed by atoms with Crippen molar-refractivity contribution in [2.24, 2.45) is 0 Å². The molecular formula is C23H24N4O5S. The fourth-order valence-corrected chi connectivity index (χ4v) is 4.05. The summed E-state index contributed by atoms with van der Waals surface area (Å²) in [6.45, 7) is 5.77. The van der Waals surface area contributed by atoms with Crippen molar-refractivity contribution in [1.29, 1.82) is 0 Å². The molecule has 9 nitrogen and oxygen atoms in total. The van der Waals surface area contributed by atoms with Crippen molar-refractivity contribution in [3.05, 3.63) is 54.2 Å². The minimum absolute atomic E-state index is 0.0785. The number of amides is 1. The van der Waals surface area contributed by atoms with Crippen LogP contribution in [0.15, 0.2) is 53.2 Å². The summed E-state index contributed by atoms with van der Waals surface area (Å²) in [6, 6.07) is 13.0. The number of hydrogen-bond donors (Lipinski definition) is 1. The second kappa shape index (κ2) is 8.70. The molecule has 0 saturated heterocycles. The Balaban J connectivity index is 1.63. The van der Waals surface area contributed by atoms with E-state index in [1.807, 2.05) is 68.0 Å². The van der Waals surface area contributed by atoms with Crippen LogP contribution in [0.1, 0.15) is 19.4 Å². The molecule has 4 rings (SSSR count). The molecule has 4 aromatic rings. The van der Waals surface area contributed by atoms with E-state index in [4.69, 9.17) is 9.26 Å². The molecule has 2 heterocycles. The molecule has 0 fully saturated rings. The van der Waals surface area contributed by atoms with Crippen molar-refractivity contribution in [2.45, 2.75) is 33.4 Å². The fraction of sp³-hybridized carbons (Fsp3) is 0.261. The summed E-state index contributed by atoms with van der Waals surface area (Å²) in [5, 5.41) is 4.96. The van der Waals surface area contributed by atoms with Gasteiger partial charge in [0.2, 0.25) is 15.8 Å². The van der Waals surface area contributed by atoms with Crippen LogP contribution < -0.4 is 9.46 Å². The van der Waals surface area contributed by atoms with Crippen LogP contribution in [0.3, 0.4) is 0 Å². The standard InChI is InChI=1S/C23H24N4O5S/c1-14(2)31-20-9-8-16(12-15(20)3)23-24-22(25-32-23)18-6-5-7-19-17(18)10-11-27(19)13-21(28)26-33(4,29)30/h5-12,14H,13H2,1-4H3,(H,26,28). The van der Waals surface area contributed by atoms with Crippen LogP contribution in [0.5, 0.6) is 5.75 Å². The van der Waals surface area contributed by atoms with Gasteiger partial charge in [-0.15, -0.1) is 0 Å². The van der Waals surface area contributed by atoms with Crippen LogP contribution >= 0.6 is 0 Å². The van der Waals surface area contributed by atoms with Gasteiger partial charge in [0.15, 0.2) is 0 Å². The number of aryl methyl sites for hydroxylation is 1. The van der Waals surface area contributed by atoms with Crippen LogP contribution in [0.4, 0.5) is 0 Å². The molecule has 0 radical (unpaired) electrons. The first-order chi connectivity index (χ1) is 15.6. The van der Waals surface area contributed by atoms with Gasteiger partial charge in [-0.1, -0.05) is 17.3 Å². The van der Waals surface area contributed by atoms with Crippen molar-refractivity contribution in [2.75, 3.05) is 6.26 Å². The number of carbonyl (C=O) groups is 1. The highest BCUT2D eigenvalue weighted by atomic mass is 32.2. The Morgan fingerprint density at radius 2 is 2.00 bits per heavy atom. The summed E-state index contributed by atoms with van der Waals surface area (Å²) < 4.78 is 37.5. The average molecular weight is 469 g/mol. The second-order valence-corrected chi connectivity index (χ2v) is 9.80. The number of nitrogens with one attached hydrogen (secondary N) is 1. The van der Waals surface area contributed by atoms with E-state index >= 15 is 0 Å². The number of ether oxygens (including phenoxy) is 1.